The summed E-state index contributed by atoms with van der Waals surface area (Å²) in [4.78, 5) is 23.9. The Morgan fingerprint density at radius 3 is 2.62 bits per heavy atom. The zero-order chi connectivity index (χ0) is 21.0. The lowest BCUT2D eigenvalue weighted by Crippen LogP contribution is -2.23. The Kier molecular flexibility index (Phi) is 5.91. The minimum absolute atomic E-state index is 0.120. The van der Waals surface area contributed by atoms with Crippen LogP contribution in [0.15, 0.2) is 53.1 Å². The van der Waals surface area contributed by atoms with Crippen LogP contribution in [0.5, 0.6) is 0 Å². The van der Waals surface area contributed by atoms with Crippen LogP contribution in [0.1, 0.15) is 23.6 Å². The first kappa shape index (κ1) is 20.4. The first-order valence-corrected chi connectivity index (χ1v) is 8.88. The molecule has 0 saturated carbocycles. The third-order valence-corrected chi connectivity index (χ3v) is 4.33. The molecule has 5 nitrogen and oxygen atoms in total. The van der Waals surface area contributed by atoms with Crippen LogP contribution in [0.25, 0.3) is 11.0 Å². The summed E-state index contributed by atoms with van der Waals surface area (Å²) in [5.41, 5.74) is 0.977. The van der Waals surface area contributed by atoms with Crippen LogP contribution in [-0.4, -0.2) is 18.5 Å². The SMILES string of the molecule is CCc1ccc2c(CC(=O)OCC(=O)Nc3ccccc3C(F)(F)F)coc2c1. The van der Waals surface area contributed by atoms with Gasteiger partial charge in [0, 0.05) is 10.9 Å². The van der Waals surface area contributed by atoms with E-state index in [0.29, 0.717) is 11.1 Å². The van der Waals surface area contributed by atoms with E-state index in [0.717, 1.165) is 29.5 Å². The highest BCUT2D eigenvalue weighted by Gasteiger charge is 2.33. The fourth-order valence-corrected chi connectivity index (χ4v) is 2.86. The van der Waals surface area contributed by atoms with Crippen LogP contribution in [0.2, 0.25) is 0 Å². The molecule has 1 heterocycles. The average molecular weight is 405 g/mol. The van der Waals surface area contributed by atoms with Crippen molar-refractivity contribution in [3.63, 3.8) is 0 Å². The number of hydrogen-bond acceptors (Lipinski definition) is 4. The molecule has 0 atom stereocenters. The minimum Gasteiger partial charge on any atom is -0.464 e. The number of carbonyl (C=O) groups is 2. The maximum absolute atomic E-state index is 13.0. The number of nitrogens with one attached hydrogen (secondary N) is 1. The van der Waals surface area contributed by atoms with Crippen molar-refractivity contribution < 1.29 is 31.9 Å². The molecule has 0 aliphatic heterocycles. The molecule has 0 aliphatic carbocycles. The lowest BCUT2D eigenvalue weighted by atomic mass is 10.1. The predicted octanol–water partition coefficient (Wildman–Crippen LogP) is 4.74. The molecule has 1 N–H and O–H groups in total. The molecule has 0 bridgehead atoms. The number of anilines is 1. The summed E-state index contributed by atoms with van der Waals surface area (Å²) in [7, 11) is 0. The van der Waals surface area contributed by atoms with E-state index in [4.69, 9.17) is 9.15 Å². The smallest absolute Gasteiger partial charge is 0.418 e. The highest BCUT2D eigenvalue weighted by atomic mass is 19.4. The Bertz CT molecular complexity index is 1040. The second-order valence-electron chi connectivity index (χ2n) is 6.37. The van der Waals surface area contributed by atoms with E-state index in [9.17, 15) is 22.8 Å². The molecular weight excluding hydrogens is 387 g/mol. The number of benzene rings is 2. The van der Waals surface area contributed by atoms with Gasteiger partial charge in [0.25, 0.3) is 5.91 Å². The molecule has 0 fully saturated rings. The minimum atomic E-state index is -4.61. The largest absolute Gasteiger partial charge is 0.464 e. The summed E-state index contributed by atoms with van der Waals surface area (Å²) < 4.78 is 49.2. The Morgan fingerprint density at radius 2 is 1.90 bits per heavy atom. The number of amides is 1. The zero-order valence-corrected chi connectivity index (χ0v) is 15.5. The van der Waals surface area contributed by atoms with E-state index in [2.05, 4.69) is 5.32 Å². The van der Waals surface area contributed by atoms with Gasteiger partial charge in [-0.1, -0.05) is 31.2 Å². The molecule has 0 spiro atoms. The first-order chi connectivity index (χ1) is 13.8. The maximum Gasteiger partial charge on any atom is 0.418 e. The second-order valence-corrected chi connectivity index (χ2v) is 6.37. The van der Waals surface area contributed by atoms with Gasteiger partial charge in [0.2, 0.25) is 0 Å². The van der Waals surface area contributed by atoms with Crippen LogP contribution >= 0.6 is 0 Å². The molecule has 29 heavy (non-hydrogen) atoms. The number of halogens is 3. The number of furan rings is 1. The summed E-state index contributed by atoms with van der Waals surface area (Å²) in [6.45, 7) is 1.32. The number of para-hydroxylation sites is 1. The van der Waals surface area contributed by atoms with Gasteiger partial charge in [0.05, 0.1) is 23.9 Å². The number of esters is 1. The quantitative estimate of drug-likeness (QED) is 0.602. The number of hydrogen-bond donors (Lipinski definition) is 1. The second kappa shape index (κ2) is 8.38. The topological polar surface area (TPSA) is 68.5 Å². The Hall–Kier alpha value is -3.29. The van der Waals surface area contributed by atoms with Crippen LogP contribution in [0.3, 0.4) is 0 Å². The fourth-order valence-electron chi connectivity index (χ4n) is 2.86. The average Bonchev–Trinajstić information content (AvgIpc) is 3.08. The molecule has 0 aliphatic rings. The van der Waals surface area contributed by atoms with Gasteiger partial charge in [0.1, 0.15) is 5.58 Å². The molecule has 2 aromatic carbocycles. The van der Waals surface area contributed by atoms with Gasteiger partial charge in [-0.2, -0.15) is 13.2 Å². The number of ether oxygens (including phenoxy) is 1. The highest BCUT2D eigenvalue weighted by molar-refractivity contribution is 5.94. The highest BCUT2D eigenvalue weighted by Crippen LogP contribution is 2.34. The van der Waals surface area contributed by atoms with Gasteiger partial charge in [-0.05, 0) is 30.2 Å². The van der Waals surface area contributed by atoms with E-state index in [1.54, 1.807) is 0 Å². The van der Waals surface area contributed by atoms with Gasteiger partial charge >= 0.3 is 12.1 Å². The van der Waals surface area contributed by atoms with E-state index in [-0.39, 0.29) is 6.42 Å². The molecule has 152 valence electrons. The molecule has 0 unspecified atom stereocenters. The van der Waals surface area contributed by atoms with E-state index in [1.807, 2.05) is 25.1 Å². The summed E-state index contributed by atoms with van der Waals surface area (Å²) >= 11 is 0. The van der Waals surface area contributed by atoms with Crippen molar-refractivity contribution in [2.45, 2.75) is 25.9 Å². The third-order valence-electron chi connectivity index (χ3n) is 4.33. The molecule has 3 aromatic rings. The molecule has 0 saturated heterocycles. The molecule has 1 aromatic heterocycles. The van der Waals surface area contributed by atoms with Crippen LogP contribution < -0.4 is 5.32 Å². The van der Waals surface area contributed by atoms with Gasteiger partial charge in [-0.25, -0.2) is 0 Å². The predicted molar refractivity (Wildman–Crippen MR) is 100 cm³/mol. The van der Waals surface area contributed by atoms with Gasteiger partial charge < -0.3 is 14.5 Å². The normalized spacial score (nSPS) is 11.4. The van der Waals surface area contributed by atoms with Crippen molar-refractivity contribution in [2.75, 3.05) is 11.9 Å². The van der Waals surface area contributed by atoms with E-state index >= 15 is 0 Å². The van der Waals surface area contributed by atoms with Gasteiger partial charge in [-0.3, -0.25) is 9.59 Å². The molecule has 3 rings (SSSR count). The van der Waals surface area contributed by atoms with Crippen molar-refractivity contribution in [3.05, 3.63) is 65.4 Å². The fraction of sp³-hybridized carbons (Fsp3) is 0.238. The van der Waals surface area contributed by atoms with Crippen molar-refractivity contribution in [2.24, 2.45) is 0 Å². The Labute approximate surface area is 164 Å². The Balaban J connectivity index is 1.58. The lowest BCUT2D eigenvalue weighted by Gasteiger charge is -2.13. The van der Waals surface area contributed by atoms with E-state index in [1.165, 1.54) is 18.4 Å². The molecule has 0 radical (unpaired) electrons. The van der Waals surface area contributed by atoms with Crippen LogP contribution in [-0.2, 0) is 33.3 Å². The zero-order valence-electron chi connectivity index (χ0n) is 15.5. The Morgan fingerprint density at radius 1 is 1.14 bits per heavy atom. The summed E-state index contributed by atoms with van der Waals surface area (Å²) in [6.07, 6.45) is -2.43. The molecular formula is C21H18F3NO4. The number of alkyl halides is 3. The van der Waals surface area contributed by atoms with Crippen LogP contribution in [0, 0.1) is 0 Å². The number of aryl methyl sites for hydroxylation is 1. The lowest BCUT2D eigenvalue weighted by molar-refractivity contribution is -0.146. The monoisotopic (exact) mass is 405 g/mol. The van der Waals surface area contributed by atoms with Crippen molar-refractivity contribution in [1.29, 1.82) is 0 Å². The standard InChI is InChI=1S/C21H18F3NO4/c1-2-13-7-8-15-14(11-28-18(15)9-13)10-20(27)29-12-19(26)25-17-6-4-3-5-16(17)21(22,23)24/h3-9,11H,2,10,12H2,1H3,(H,25,26). The number of fused-ring (bicyclic) bond motifs is 1. The summed E-state index contributed by atoms with van der Waals surface area (Å²) in [6, 6.07) is 10.2. The van der Waals surface area contributed by atoms with Crippen LogP contribution in [0.4, 0.5) is 18.9 Å². The van der Waals surface area contributed by atoms with Gasteiger partial charge in [0.15, 0.2) is 6.61 Å². The molecule has 1 amide bonds. The number of carbonyl (C=O) groups excluding carboxylic acids is 2. The van der Waals surface area contributed by atoms with Gasteiger partial charge in [-0.15, -0.1) is 0 Å². The van der Waals surface area contributed by atoms with Crippen molar-refractivity contribution >= 4 is 28.5 Å². The summed E-state index contributed by atoms with van der Waals surface area (Å²) in [5, 5.41) is 2.89. The van der Waals surface area contributed by atoms with E-state index < -0.39 is 35.9 Å². The summed E-state index contributed by atoms with van der Waals surface area (Å²) in [5.74, 6) is -1.55. The third kappa shape index (κ3) is 4.96. The van der Waals surface area contributed by atoms with Crippen molar-refractivity contribution in [1.82, 2.24) is 0 Å². The first-order valence-electron chi connectivity index (χ1n) is 8.88. The molecule has 8 heteroatoms. The maximum atomic E-state index is 13.0. The van der Waals surface area contributed by atoms with Crippen molar-refractivity contribution in [3.8, 4) is 0 Å². The number of rotatable bonds is 6.